The molecule has 2 N–H and O–H groups in total. The molecule has 31 heavy (non-hydrogen) atoms. The number of carbonyl (C=O) groups excluding carboxylic acids is 1. The van der Waals surface area contributed by atoms with E-state index in [0.717, 1.165) is 16.7 Å². The largest absolute Gasteiger partial charge is 0.496 e. The fraction of sp³-hybridized carbons (Fsp3) is 0.208. The Bertz CT molecular complexity index is 1190. The highest BCUT2D eigenvalue weighted by Crippen LogP contribution is 2.25. The van der Waals surface area contributed by atoms with E-state index in [9.17, 15) is 13.2 Å². The quantitative estimate of drug-likeness (QED) is 0.564. The highest BCUT2D eigenvalue weighted by Gasteiger charge is 2.17. The normalized spacial score (nSPS) is 12.1. The minimum atomic E-state index is -3.71. The van der Waals surface area contributed by atoms with Gasteiger partial charge >= 0.3 is 0 Å². The van der Waals surface area contributed by atoms with Crippen LogP contribution in [0.3, 0.4) is 0 Å². The summed E-state index contributed by atoms with van der Waals surface area (Å²) in [5.74, 6) is 0.438. The van der Waals surface area contributed by atoms with Gasteiger partial charge in [-0.25, -0.2) is 8.42 Å². The summed E-state index contributed by atoms with van der Waals surface area (Å²) in [6.07, 6.45) is 0. The molecule has 7 heteroatoms. The molecule has 6 nitrogen and oxygen atoms in total. The first-order valence-electron chi connectivity index (χ1n) is 9.85. The van der Waals surface area contributed by atoms with Crippen molar-refractivity contribution in [2.75, 3.05) is 11.8 Å². The SMILES string of the molecule is COc1ccccc1C(C)NC(=O)c1ccc(NS(=O)(=O)c2ccc(C)c(C)c2)cc1. The van der Waals surface area contributed by atoms with Gasteiger partial charge in [-0.3, -0.25) is 9.52 Å². The molecule has 3 aromatic rings. The molecule has 0 aliphatic rings. The molecule has 0 saturated carbocycles. The van der Waals surface area contributed by atoms with Gasteiger partial charge in [-0.15, -0.1) is 0 Å². The van der Waals surface area contributed by atoms with E-state index in [1.165, 1.54) is 0 Å². The third kappa shape index (κ3) is 5.24. The number of anilines is 1. The molecule has 0 aliphatic heterocycles. The van der Waals surface area contributed by atoms with Gasteiger partial charge in [-0.1, -0.05) is 24.3 Å². The molecule has 0 heterocycles. The summed E-state index contributed by atoms with van der Waals surface area (Å²) < 4.78 is 33.2. The van der Waals surface area contributed by atoms with Crippen molar-refractivity contribution in [1.29, 1.82) is 0 Å². The number of hydrogen-bond acceptors (Lipinski definition) is 4. The van der Waals surface area contributed by atoms with Crippen LogP contribution in [0.5, 0.6) is 5.75 Å². The molecular weight excluding hydrogens is 412 g/mol. The van der Waals surface area contributed by atoms with Crippen molar-refractivity contribution in [2.45, 2.75) is 31.7 Å². The molecule has 0 bridgehead atoms. The molecule has 162 valence electrons. The minimum absolute atomic E-state index is 0.197. The van der Waals surface area contributed by atoms with Gasteiger partial charge in [-0.05, 0) is 74.4 Å². The lowest BCUT2D eigenvalue weighted by Crippen LogP contribution is -2.26. The number of rotatable bonds is 7. The van der Waals surface area contributed by atoms with Crippen molar-refractivity contribution in [3.05, 3.63) is 89.0 Å². The smallest absolute Gasteiger partial charge is 0.261 e. The number of nitrogens with one attached hydrogen (secondary N) is 2. The van der Waals surface area contributed by atoms with Crippen LogP contribution in [0.2, 0.25) is 0 Å². The molecule has 0 aromatic heterocycles. The molecule has 0 spiro atoms. The second-order valence-electron chi connectivity index (χ2n) is 7.37. The number of aryl methyl sites for hydroxylation is 2. The first kappa shape index (κ1) is 22.4. The molecule has 1 amide bonds. The molecule has 3 aromatic carbocycles. The summed E-state index contributed by atoms with van der Waals surface area (Å²) in [7, 11) is -2.12. The zero-order valence-electron chi connectivity index (χ0n) is 18.0. The summed E-state index contributed by atoms with van der Waals surface area (Å²) in [6.45, 7) is 5.67. The lowest BCUT2D eigenvalue weighted by molar-refractivity contribution is 0.0939. The molecule has 0 aliphatic carbocycles. The third-order valence-corrected chi connectivity index (χ3v) is 6.52. The Balaban J connectivity index is 1.70. The van der Waals surface area contributed by atoms with Gasteiger partial charge in [0.2, 0.25) is 0 Å². The van der Waals surface area contributed by atoms with E-state index in [-0.39, 0.29) is 16.8 Å². The van der Waals surface area contributed by atoms with Crippen LogP contribution in [-0.4, -0.2) is 21.4 Å². The molecule has 1 unspecified atom stereocenters. The monoisotopic (exact) mass is 438 g/mol. The second-order valence-corrected chi connectivity index (χ2v) is 9.05. The predicted octanol–water partition coefficient (Wildman–Crippen LogP) is 4.60. The summed E-state index contributed by atoms with van der Waals surface area (Å²) in [5, 5.41) is 2.93. The highest BCUT2D eigenvalue weighted by molar-refractivity contribution is 7.92. The number of amides is 1. The lowest BCUT2D eigenvalue weighted by Gasteiger charge is -2.17. The second kappa shape index (κ2) is 9.22. The Hall–Kier alpha value is -3.32. The van der Waals surface area contributed by atoms with Crippen molar-refractivity contribution in [1.82, 2.24) is 5.32 Å². The van der Waals surface area contributed by atoms with Crippen molar-refractivity contribution < 1.29 is 17.9 Å². The first-order valence-corrected chi connectivity index (χ1v) is 11.3. The summed E-state index contributed by atoms with van der Waals surface area (Å²) in [4.78, 5) is 12.8. The van der Waals surface area contributed by atoms with E-state index in [0.29, 0.717) is 17.0 Å². The van der Waals surface area contributed by atoms with E-state index >= 15 is 0 Å². The Kier molecular flexibility index (Phi) is 6.65. The van der Waals surface area contributed by atoms with Crippen LogP contribution in [-0.2, 0) is 10.0 Å². The standard InChI is InChI=1S/C24H26N2O4S/c1-16-9-14-21(15-17(16)2)31(28,29)26-20-12-10-19(11-13-20)24(27)25-18(3)22-7-5-6-8-23(22)30-4/h5-15,18,26H,1-4H3,(H,25,27). The van der Waals surface area contributed by atoms with Gasteiger partial charge < -0.3 is 10.1 Å². The van der Waals surface area contributed by atoms with Crippen LogP contribution in [0.25, 0.3) is 0 Å². The minimum Gasteiger partial charge on any atom is -0.496 e. The van der Waals surface area contributed by atoms with Crippen LogP contribution in [0.15, 0.2) is 71.6 Å². The number of ether oxygens (including phenoxy) is 1. The Morgan fingerprint density at radius 2 is 1.61 bits per heavy atom. The number of benzene rings is 3. The van der Waals surface area contributed by atoms with Gasteiger partial charge in [0.05, 0.1) is 18.0 Å². The fourth-order valence-electron chi connectivity index (χ4n) is 3.17. The Morgan fingerprint density at radius 1 is 0.935 bits per heavy atom. The van der Waals surface area contributed by atoms with Crippen LogP contribution in [0, 0.1) is 13.8 Å². The molecular formula is C24H26N2O4S. The zero-order valence-corrected chi connectivity index (χ0v) is 18.8. The van der Waals surface area contributed by atoms with Crippen molar-refractivity contribution >= 4 is 21.6 Å². The Labute approximate surface area is 183 Å². The number of carbonyl (C=O) groups is 1. The number of para-hydroxylation sites is 1. The fourth-order valence-corrected chi connectivity index (χ4v) is 4.31. The molecule has 0 saturated heterocycles. The third-order valence-electron chi connectivity index (χ3n) is 5.14. The van der Waals surface area contributed by atoms with Gasteiger partial charge in [0.1, 0.15) is 5.75 Å². The van der Waals surface area contributed by atoms with Crippen molar-refractivity contribution in [3.8, 4) is 5.75 Å². The van der Waals surface area contributed by atoms with E-state index in [1.54, 1.807) is 49.6 Å². The summed E-state index contributed by atoms with van der Waals surface area (Å²) >= 11 is 0. The number of methoxy groups -OCH3 is 1. The molecule has 0 fully saturated rings. The van der Waals surface area contributed by atoms with Crippen LogP contribution in [0.1, 0.15) is 40.0 Å². The maximum Gasteiger partial charge on any atom is 0.261 e. The maximum atomic E-state index is 12.6. The van der Waals surface area contributed by atoms with Crippen LogP contribution < -0.4 is 14.8 Å². The summed E-state index contributed by atoms with van der Waals surface area (Å²) in [5.41, 5.74) is 3.61. The average Bonchev–Trinajstić information content (AvgIpc) is 2.75. The maximum absolute atomic E-state index is 12.6. The lowest BCUT2D eigenvalue weighted by atomic mass is 10.1. The topological polar surface area (TPSA) is 84.5 Å². The highest BCUT2D eigenvalue weighted by atomic mass is 32.2. The van der Waals surface area contributed by atoms with E-state index in [2.05, 4.69) is 10.0 Å². The molecule has 3 rings (SSSR count). The van der Waals surface area contributed by atoms with E-state index < -0.39 is 10.0 Å². The van der Waals surface area contributed by atoms with Gasteiger partial charge in [0, 0.05) is 16.8 Å². The van der Waals surface area contributed by atoms with E-state index in [1.807, 2.05) is 45.0 Å². The molecule has 1 atom stereocenters. The predicted molar refractivity (Wildman–Crippen MR) is 122 cm³/mol. The molecule has 0 radical (unpaired) electrons. The van der Waals surface area contributed by atoms with Crippen molar-refractivity contribution in [2.24, 2.45) is 0 Å². The van der Waals surface area contributed by atoms with E-state index in [4.69, 9.17) is 4.74 Å². The first-order chi connectivity index (χ1) is 14.7. The summed E-state index contributed by atoms with van der Waals surface area (Å²) in [6, 6.07) is 18.5. The van der Waals surface area contributed by atoms with Gasteiger partial charge in [-0.2, -0.15) is 0 Å². The Morgan fingerprint density at radius 3 is 2.26 bits per heavy atom. The average molecular weight is 439 g/mol. The van der Waals surface area contributed by atoms with Gasteiger partial charge in [0.25, 0.3) is 15.9 Å². The van der Waals surface area contributed by atoms with Crippen molar-refractivity contribution in [3.63, 3.8) is 0 Å². The van der Waals surface area contributed by atoms with Gasteiger partial charge in [0.15, 0.2) is 0 Å². The number of hydrogen-bond donors (Lipinski definition) is 2. The van der Waals surface area contributed by atoms with Crippen LogP contribution in [0.4, 0.5) is 5.69 Å². The zero-order chi connectivity index (χ0) is 22.6. The number of sulfonamides is 1. The van der Waals surface area contributed by atoms with Crippen LogP contribution >= 0.6 is 0 Å².